The largest absolute Gasteiger partial charge is 0.305 e. The molecule has 0 atom stereocenters. The van der Waals surface area contributed by atoms with Crippen molar-refractivity contribution >= 4 is 5.71 Å². The summed E-state index contributed by atoms with van der Waals surface area (Å²) in [6, 6.07) is 4.62. The average Bonchev–Trinajstić information content (AvgIpc) is 1.85. The van der Waals surface area contributed by atoms with E-state index in [1.54, 1.807) is 13.0 Å². The fourth-order valence-corrected chi connectivity index (χ4v) is 0.953. The van der Waals surface area contributed by atoms with E-state index in [4.69, 9.17) is 5.41 Å². The Morgan fingerprint density at radius 3 is 2.45 bits per heavy atom. The van der Waals surface area contributed by atoms with Gasteiger partial charge in [-0.25, -0.2) is 4.39 Å². The molecule has 0 aromatic heterocycles. The number of hydrogen-bond acceptors (Lipinski definition) is 1. The summed E-state index contributed by atoms with van der Waals surface area (Å²) in [6.07, 6.45) is 0. The Morgan fingerprint density at radius 2 is 2.00 bits per heavy atom. The van der Waals surface area contributed by atoms with Crippen LogP contribution in [0.5, 0.6) is 0 Å². The van der Waals surface area contributed by atoms with Crippen LogP contribution in [0, 0.1) is 18.2 Å². The van der Waals surface area contributed by atoms with Gasteiger partial charge >= 0.3 is 0 Å². The highest BCUT2D eigenvalue weighted by atomic mass is 19.1. The lowest BCUT2D eigenvalue weighted by Gasteiger charge is -1.99. The molecule has 0 unspecified atom stereocenters. The van der Waals surface area contributed by atoms with Crippen LogP contribution >= 0.6 is 0 Å². The van der Waals surface area contributed by atoms with E-state index in [2.05, 4.69) is 0 Å². The van der Waals surface area contributed by atoms with Gasteiger partial charge < -0.3 is 5.41 Å². The van der Waals surface area contributed by atoms with Crippen molar-refractivity contribution in [3.63, 3.8) is 0 Å². The summed E-state index contributed by atoms with van der Waals surface area (Å²) < 4.78 is 12.7. The molecule has 11 heavy (non-hydrogen) atoms. The van der Waals surface area contributed by atoms with Crippen LogP contribution in [0.3, 0.4) is 0 Å². The molecule has 0 aliphatic heterocycles. The molecule has 58 valence electrons. The second-order valence-corrected chi connectivity index (χ2v) is 2.64. The molecule has 1 aromatic carbocycles. The summed E-state index contributed by atoms with van der Waals surface area (Å²) in [5, 5.41) is 7.26. The fourth-order valence-electron chi connectivity index (χ4n) is 0.953. The fraction of sp³-hybridized carbons (Fsp3) is 0.222. The third-order valence-electron chi connectivity index (χ3n) is 1.48. The first kappa shape index (κ1) is 7.92. The Hall–Kier alpha value is -1.18. The predicted molar refractivity (Wildman–Crippen MR) is 43.6 cm³/mol. The lowest BCUT2D eigenvalue weighted by molar-refractivity contribution is 0.626. The molecule has 0 fully saturated rings. The topological polar surface area (TPSA) is 23.9 Å². The van der Waals surface area contributed by atoms with E-state index in [1.807, 2.05) is 6.92 Å². The molecular weight excluding hydrogens is 141 g/mol. The van der Waals surface area contributed by atoms with Gasteiger partial charge in [-0.2, -0.15) is 0 Å². The lowest BCUT2D eigenvalue weighted by Crippen LogP contribution is -1.93. The van der Waals surface area contributed by atoms with Gasteiger partial charge in [0.05, 0.1) is 0 Å². The van der Waals surface area contributed by atoms with Gasteiger partial charge in [0, 0.05) is 5.71 Å². The molecule has 0 saturated carbocycles. The molecular formula is C9H10FN. The highest BCUT2D eigenvalue weighted by molar-refractivity contribution is 5.96. The van der Waals surface area contributed by atoms with Crippen molar-refractivity contribution in [3.8, 4) is 0 Å². The Labute approximate surface area is 65.4 Å². The van der Waals surface area contributed by atoms with Gasteiger partial charge in [-0.3, -0.25) is 0 Å². The zero-order valence-corrected chi connectivity index (χ0v) is 6.61. The number of rotatable bonds is 1. The molecule has 1 nitrogen and oxygen atoms in total. The summed E-state index contributed by atoms with van der Waals surface area (Å²) in [7, 11) is 0. The smallest absolute Gasteiger partial charge is 0.124 e. The van der Waals surface area contributed by atoms with Crippen molar-refractivity contribution in [1.82, 2.24) is 0 Å². The van der Waals surface area contributed by atoms with Gasteiger partial charge in [-0.15, -0.1) is 0 Å². The van der Waals surface area contributed by atoms with Crippen molar-refractivity contribution in [2.24, 2.45) is 0 Å². The van der Waals surface area contributed by atoms with Crippen molar-refractivity contribution in [1.29, 1.82) is 5.41 Å². The Kier molecular flexibility index (Phi) is 2.03. The minimum Gasteiger partial charge on any atom is -0.305 e. The maximum Gasteiger partial charge on any atom is 0.124 e. The summed E-state index contributed by atoms with van der Waals surface area (Å²) in [6.45, 7) is 3.46. The van der Waals surface area contributed by atoms with Gasteiger partial charge in [0.15, 0.2) is 0 Å². The SMILES string of the molecule is CC(=N)c1cc(C)cc(F)c1. The van der Waals surface area contributed by atoms with E-state index in [0.717, 1.165) is 5.56 Å². The molecule has 0 amide bonds. The van der Waals surface area contributed by atoms with E-state index in [0.29, 0.717) is 11.3 Å². The van der Waals surface area contributed by atoms with Crippen molar-refractivity contribution in [2.75, 3.05) is 0 Å². The molecule has 1 aromatic rings. The second-order valence-electron chi connectivity index (χ2n) is 2.64. The van der Waals surface area contributed by atoms with Crippen molar-refractivity contribution in [3.05, 3.63) is 35.1 Å². The molecule has 1 N–H and O–H groups in total. The number of hydrogen-bond donors (Lipinski definition) is 1. The lowest BCUT2D eigenvalue weighted by atomic mass is 10.1. The minimum atomic E-state index is -0.272. The van der Waals surface area contributed by atoms with Gasteiger partial charge in [0.25, 0.3) is 0 Å². The first-order valence-corrected chi connectivity index (χ1v) is 3.42. The van der Waals surface area contributed by atoms with Crippen LogP contribution < -0.4 is 0 Å². The van der Waals surface area contributed by atoms with E-state index in [1.165, 1.54) is 12.1 Å². The normalized spacial score (nSPS) is 9.73. The van der Waals surface area contributed by atoms with Crippen LogP contribution in [0.1, 0.15) is 18.1 Å². The standard InChI is InChI=1S/C9H10FN/c1-6-3-8(7(2)11)5-9(10)4-6/h3-5,11H,1-2H3. The average molecular weight is 151 g/mol. The van der Waals surface area contributed by atoms with Crippen LogP contribution in [0.2, 0.25) is 0 Å². The molecule has 0 radical (unpaired) electrons. The molecule has 0 aliphatic carbocycles. The van der Waals surface area contributed by atoms with E-state index >= 15 is 0 Å². The highest BCUT2D eigenvalue weighted by Gasteiger charge is 1.98. The maximum atomic E-state index is 12.7. The van der Waals surface area contributed by atoms with Crippen molar-refractivity contribution < 1.29 is 4.39 Å². The molecule has 0 heterocycles. The molecule has 0 aliphatic rings. The minimum absolute atomic E-state index is 0.272. The zero-order chi connectivity index (χ0) is 8.43. The van der Waals surface area contributed by atoms with Gasteiger partial charge in [0.1, 0.15) is 5.82 Å². The third-order valence-corrected chi connectivity index (χ3v) is 1.48. The van der Waals surface area contributed by atoms with Crippen LogP contribution in [-0.4, -0.2) is 5.71 Å². The van der Waals surface area contributed by atoms with Gasteiger partial charge in [0.2, 0.25) is 0 Å². The van der Waals surface area contributed by atoms with Crippen LogP contribution in [0.15, 0.2) is 18.2 Å². The molecule has 0 saturated heterocycles. The van der Waals surface area contributed by atoms with Crippen LogP contribution in [0.25, 0.3) is 0 Å². The maximum absolute atomic E-state index is 12.7. The summed E-state index contributed by atoms with van der Waals surface area (Å²) in [4.78, 5) is 0. The Morgan fingerprint density at radius 1 is 1.36 bits per heavy atom. The van der Waals surface area contributed by atoms with E-state index < -0.39 is 0 Å². The first-order chi connectivity index (χ1) is 5.09. The highest BCUT2D eigenvalue weighted by Crippen LogP contribution is 2.08. The molecule has 0 bridgehead atoms. The van der Waals surface area contributed by atoms with Gasteiger partial charge in [-0.05, 0) is 37.1 Å². The number of aryl methyl sites for hydroxylation is 1. The van der Waals surface area contributed by atoms with Crippen LogP contribution in [-0.2, 0) is 0 Å². The van der Waals surface area contributed by atoms with Crippen molar-refractivity contribution in [2.45, 2.75) is 13.8 Å². The first-order valence-electron chi connectivity index (χ1n) is 3.42. The number of nitrogens with one attached hydrogen (secondary N) is 1. The summed E-state index contributed by atoms with van der Waals surface area (Å²) >= 11 is 0. The monoisotopic (exact) mass is 151 g/mol. The Bertz CT molecular complexity index is 271. The number of benzene rings is 1. The van der Waals surface area contributed by atoms with Gasteiger partial charge in [-0.1, -0.05) is 6.07 Å². The Balaban J connectivity index is 3.19. The quantitative estimate of drug-likeness (QED) is 0.596. The molecule has 0 spiro atoms. The van der Waals surface area contributed by atoms with Crippen LogP contribution in [0.4, 0.5) is 4.39 Å². The van der Waals surface area contributed by atoms with E-state index in [9.17, 15) is 4.39 Å². The predicted octanol–water partition coefficient (Wildman–Crippen LogP) is 2.52. The molecule has 2 heteroatoms. The summed E-state index contributed by atoms with van der Waals surface area (Å²) in [5.74, 6) is -0.272. The second kappa shape index (κ2) is 2.82. The zero-order valence-electron chi connectivity index (χ0n) is 6.61. The summed E-state index contributed by atoms with van der Waals surface area (Å²) in [5.41, 5.74) is 1.90. The van der Waals surface area contributed by atoms with E-state index in [-0.39, 0.29) is 5.82 Å². The third kappa shape index (κ3) is 1.87. The molecule has 1 rings (SSSR count). The number of halogens is 1.